The zero-order valence-electron chi connectivity index (χ0n) is 20.1. The minimum atomic E-state index is -0.496. The molecule has 0 bridgehead atoms. The van der Waals surface area contributed by atoms with Crippen LogP contribution in [-0.2, 0) is 14.3 Å². The lowest BCUT2D eigenvalue weighted by Gasteiger charge is -2.31. The topological polar surface area (TPSA) is 95.0 Å². The number of morpholine rings is 1. The molecule has 1 fully saturated rings. The van der Waals surface area contributed by atoms with Gasteiger partial charge in [0.05, 0.1) is 30.8 Å². The summed E-state index contributed by atoms with van der Waals surface area (Å²) in [6.45, 7) is 2.63. The molecule has 3 aromatic rings. The molecule has 0 spiro atoms. The van der Waals surface area contributed by atoms with Crippen LogP contribution in [0.4, 0.5) is 15.9 Å². The number of nitrogens with one attached hydrogen (secondary N) is 1. The Bertz CT molecular complexity index is 1210. The SMILES string of the molecule is COCCC1CN(CCCOc2cc3ncnc(Nc4ccc(F)c(Cl)c4)c3cc2OC)CC(=O)O1. The third-order valence-electron chi connectivity index (χ3n) is 5.74. The van der Waals surface area contributed by atoms with Crippen LogP contribution < -0.4 is 14.8 Å². The average Bonchev–Trinajstić information content (AvgIpc) is 2.87. The molecular formula is C25H28ClFN4O5. The fourth-order valence-corrected chi connectivity index (χ4v) is 4.16. The Hall–Kier alpha value is -3.21. The molecule has 1 atom stereocenters. The highest BCUT2D eigenvalue weighted by molar-refractivity contribution is 6.31. The maximum atomic E-state index is 13.5. The summed E-state index contributed by atoms with van der Waals surface area (Å²) >= 11 is 5.90. The predicted molar refractivity (Wildman–Crippen MR) is 134 cm³/mol. The number of rotatable bonds is 11. The number of halogens is 2. The van der Waals surface area contributed by atoms with Gasteiger partial charge in [-0.2, -0.15) is 0 Å². The van der Waals surface area contributed by atoms with Crippen LogP contribution in [0.2, 0.25) is 5.02 Å². The number of methoxy groups -OCH3 is 2. The minimum Gasteiger partial charge on any atom is -0.493 e. The first-order valence-electron chi connectivity index (χ1n) is 11.5. The third-order valence-corrected chi connectivity index (χ3v) is 6.03. The first-order valence-corrected chi connectivity index (χ1v) is 11.9. The predicted octanol–water partition coefficient (Wildman–Crippen LogP) is 4.21. The van der Waals surface area contributed by atoms with Gasteiger partial charge in [0.25, 0.3) is 0 Å². The molecule has 1 unspecified atom stereocenters. The second-order valence-electron chi connectivity index (χ2n) is 8.33. The van der Waals surface area contributed by atoms with Crippen molar-refractivity contribution >= 4 is 40.0 Å². The number of ether oxygens (including phenoxy) is 4. The number of hydrogen-bond donors (Lipinski definition) is 1. The molecule has 36 heavy (non-hydrogen) atoms. The molecule has 1 N–H and O–H groups in total. The molecule has 11 heteroatoms. The van der Waals surface area contributed by atoms with Crippen LogP contribution in [0.25, 0.3) is 10.9 Å². The number of cyclic esters (lactones) is 1. The lowest BCUT2D eigenvalue weighted by Crippen LogP contribution is -2.46. The van der Waals surface area contributed by atoms with Gasteiger partial charge >= 0.3 is 5.97 Å². The van der Waals surface area contributed by atoms with Gasteiger partial charge < -0.3 is 24.3 Å². The highest BCUT2D eigenvalue weighted by atomic mass is 35.5. The Morgan fingerprint density at radius 2 is 2.06 bits per heavy atom. The molecule has 9 nitrogen and oxygen atoms in total. The van der Waals surface area contributed by atoms with Gasteiger partial charge in [0.15, 0.2) is 11.5 Å². The van der Waals surface area contributed by atoms with Gasteiger partial charge in [0.1, 0.15) is 24.1 Å². The van der Waals surface area contributed by atoms with Crippen molar-refractivity contribution in [3.05, 3.63) is 47.5 Å². The summed E-state index contributed by atoms with van der Waals surface area (Å²) in [6.07, 6.45) is 2.67. The summed E-state index contributed by atoms with van der Waals surface area (Å²) in [5.41, 5.74) is 1.24. The van der Waals surface area contributed by atoms with Crippen LogP contribution in [0, 0.1) is 5.82 Å². The summed E-state index contributed by atoms with van der Waals surface area (Å²) in [5, 5.41) is 3.86. The summed E-state index contributed by atoms with van der Waals surface area (Å²) in [5.74, 6) is 0.887. The van der Waals surface area contributed by atoms with Crippen LogP contribution >= 0.6 is 11.6 Å². The number of anilines is 2. The van der Waals surface area contributed by atoms with Crippen molar-refractivity contribution in [1.82, 2.24) is 14.9 Å². The second-order valence-corrected chi connectivity index (χ2v) is 8.73. The van der Waals surface area contributed by atoms with E-state index in [-0.39, 0.29) is 23.6 Å². The second kappa shape index (κ2) is 12.2. The Morgan fingerprint density at radius 3 is 2.83 bits per heavy atom. The van der Waals surface area contributed by atoms with Crippen molar-refractivity contribution in [2.45, 2.75) is 18.9 Å². The summed E-state index contributed by atoms with van der Waals surface area (Å²) in [6, 6.07) is 7.93. The smallest absolute Gasteiger partial charge is 0.320 e. The molecular weight excluding hydrogens is 491 g/mol. The number of carbonyl (C=O) groups excluding carboxylic acids is 1. The first kappa shape index (κ1) is 25.9. The minimum absolute atomic E-state index is 0.0126. The zero-order chi connectivity index (χ0) is 25.5. The molecule has 0 radical (unpaired) electrons. The lowest BCUT2D eigenvalue weighted by atomic mass is 10.2. The summed E-state index contributed by atoms with van der Waals surface area (Å²) in [4.78, 5) is 22.6. The Morgan fingerprint density at radius 1 is 1.19 bits per heavy atom. The van der Waals surface area contributed by atoms with Crippen LogP contribution in [0.3, 0.4) is 0 Å². The molecule has 1 aromatic heterocycles. The van der Waals surface area contributed by atoms with Crippen molar-refractivity contribution in [2.24, 2.45) is 0 Å². The number of carbonyl (C=O) groups is 1. The van der Waals surface area contributed by atoms with Crippen molar-refractivity contribution in [2.75, 3.05) is 52.4 Å². The van der Waals surface area contributed by atoms with E-state index in [2.05, 4.69) is 20.2 Å². The van der Waals surface area contributed by atoms with Crippen LogP contribution in [-0.4, -0.2) is 74.0 Å². The number of hydrogen-bond acceptors (Lipinski definition) is 9. The molecule has 0 amide bonds. The normalized spacial score (nSPS) is 16.1. The zero-order valence-corrected chi connectivity index (χ0v) is 20.9. The van der Waals surface area contributed by atoms with Gasteiger partial charge in [-0.1, -0.05) is 11.6 Å². The monoisotopic (exact) mass is 518 g/mol. The highest BCUT2D eigenvalue weighted by Crippen LogP contribution is 2.35. The van der Waals surface area contributed by atoms with E-state index < -0.39 is 5.82 Å². The highest BCUT2D eigenvalue weighted by Gasteiger charge is 2.26. The van der Waals surface area contributed by atoms with Gasteiger partial charge in [-0.3, -0.25) is 9.69 Å². The van der Waals surface area contributed by atoms with Crippen molar-refractivity contribution in [3.63, 3.8) is 0 Å². The average molecular weight is 519 g/mol. The number of benzene rings is 2. The summed E-state index contributed by atoms with van der Waals surface area (Å²) < 4.78 is 35.5. The fourth-order valence-electron chi connectivity index (χ4n) is 3.98. The molecule has 1 aliphatic heterocycles. The Kier molecular flexibility index (Phi) is 8.74. The van der Waals surface area contributed by atoms with E-state index in [0.717, 1.165) is 0 Å². The number of esters is 1. The van der Waals surface area contributed by atoms with Gasteiger partial charge in [-0.05, 0) is 30.7 Å². The quantitative estimate of drug-likeness (QED) is 0.296. The van der Waals surface area contributed by atoms with Crippen LogP contribution in [0.15, 0.2) is 36.7 Å². The number of nitrogens with zero attached hydrogens (tertiary/aromatic N) is 3. The molecule has 1 saturated heterocycles. The van der Waals surface area contributed by atoms with E-state index in [0.29, 0.717) is 73.1 Å². The van der Waals surface area contributed by atoms with Gasteiger partial charge in [0.2, 0.25) is 0 Å². The molecule has 0 aliphatic carbocycles. The molecule has 1 aliphatic rings. The van der Waals surface area contributed by atoms with E-state index in [1.165, 1.54) is 18.5 Å². The first-order chi connectivity index (χ1) is 17.5. The van der Waals surface area contributed by atoms with Crippen molar-refractivity contribution in [3.8, 4) is 11.5 Å². The lowest BCUT2D eigenvalue weighted by molar-refractivity contribution is -0.159. The fraction of sp³-hybridized carbons (Fsp3) is 0.400. The maximum Gasteiger partial charge on any atom is 0.320 e. The van der Waals surface area contributed by atoms with Crippen molar-refractivity contribution in [1.29, 1.82) is 0 Å². The number of fused-ring (bicyclic) bond motifs is 1. The Balaban J connectivity index is 1.40. The van der Waals surface area contributed by atoms with Crippen LogP contribution in [0.5, 0.6) is 11.5 Å². The molecule has 192 valence electrons. The van der Waals surface area contributed by atoms with Gasteiger partial charge in [-0.25, -0.2) is 14.4 Å². The van der Waals surface area contributed by atoms with Crippen molar-refractivity contribution < 1.29 is 28.1 Å². The maximum absolute atomic E-state index is 13.5. The van der Waals surface area contributed by atoms with Gasteiger partial charge in [0, 0.05) is 50.4 Å². The third kappa shape index (κ3) is 6.51. The van der Waals surface area contributed by atoms with Gasteiger partial charge in [-0.15, -0.1) is 0 Å². The molecule has 0 saturated carbocycles. The van der Waals surface area contributed by atoms with E-state index in [1.807, 2.05) is 0 Å². The Labute approximate surface area is 213 Å². The van der Waals surface area contributed by atoms with E-state index in [1.54, 1.807) is 32.4 Å². The molecule has 2 heterocycles. The van der Waals surface area contributed by atoms with E-state index >= 15 is 0 Å². The number of aromatic nitrogens is 2. The largest absolute Gasteiger partial charge is 0.493 e. The molecule has 2 aromatic carbocycles. The standard InChI is InChI=1S/C25H28ClFN4O5/c1-33-9-6-17-13-31(14-24(32)36-17)7-3-8-35-23-12-21-18(11-22(23)34-2)25(29-15-28-21)30-16-4-5-20(27)19(26)10-16/h4-5,10-12,15,17H,3,6-9,13-14H2,1-2H3,(H,28,29,30). The summed E-state index contributed by atoms with van der Waals surface area (Å²) in [7, 11) is 3.19. The molecule has 4 rings (SSSR count). The van der Waals surface area contributed by atoms with E-state index in [4.69, 9.17) is 30.5 Å². The van der Waals surface area contributed by atoms with Crippen LogP contribution in [0.1, 0.15) is 12.8 Å². The van der Waals surface area contributed by atoms with E-state index in [9.17, 15) is 9.18 Å².